The number of carboxylic acid groups (broad SMARTS) is 1. The minimum Gasteiger partial charge on any atom is -0.494 e. The maximum absolute atomic E-state index is 11.9. The first kappa shape index (κ1) is 36.8. The molecule has 0 aromatic heterocycles. The van der Waals surface area contributed by atoms with Crippen molar-refractivity contribution in [2.24, 2.45) is 5.73 Å². The number of amides is 3. The summed E-state index contributed by atoms with van der Waals surface area (Å²) in [5, 5.41) is 14.4. The third-order valence-electron chi connectivity index (χ3n) is 5.78. The topological polar surface area (TPSA) is 185 Å². The zero-order valence-corrected chi connectivity index (χ0v) is 24.4. The average molecular weight is 598 g/mol. The molecule has 1 aromatic carbocycles. The second-order valence-corrected chi connectivity index (χ2v) is 9.40. The van der Waals surface area contributed by atoms with Crippen LogP contribution in [0.3, 0.4) is 0 Å². The van der Waals surface area contributed by atoms with Crippen LogP contribution in [-0.2, 0) is 33.3 Å². The smallest absolute Gasteiger partial charge is 0.335 e. The van der Waals surface area contributed by atoms with Crippen LogP contribution in [0.4, 0.5) is 0 Å². The molecular weight excluding hydrogens is 550 g/mol. The van der Waals surface area contributed by atoms with Gasteiger partial charge in [-0.05, 0) is 37.1 Å². The van der Waals surface area contributed by atoms with Crippen molar-refractivity contribution < 1.29 is 48.0 Å². The van der Waals surface area contributed by atoms with Gasteiger partial charge in [0.25, 0.3) is 0 Å². The van der Waals surface area contributed by atoms with E-state index in [1.54, 1.807) is 12.1 Å². The molecule has 0 heterocycles. The van der Waals surface area contributed by atoms with Gasteiger partial charge in [-0.2, -0.15) is 0 Å². The van der Waals surface area contributed by atoms with Crippen LogP contribution >= 0.6 is 0 Å². The van der Waals surface area contributed by atoms with Gasteiger partial charge in [0.05, 0.1) is 51.8 Å². The SMILES string of the molecule is NC(=O)COCCOCCNC(=O)COCCOCCNC(=O)CCCCCCCCCOc1ccc(C(=O)O)cc1. The predicted octanol–water partition coefficient (Wildman–Crippen LogP) is 1.67. The van der Waals surface area contributed by atoms with Gasteiger partial charge in [-0.25, -0.2) is 4.79 Å². The summed E-state index contributed by atoms with van der Waals surface area (Å²) in [6.07, 6.45) is 7.72. The first-order chi connectivity index (χ1) is 20.4. The molecule has 0 aliphatic rings. The van der Waals surface area contributed by atoms with E-state index in [4.69, 9.17) is 34.5 Å². The monoisotopic (exact) mass is 597 g/mol. The van der Waals surface area contributed by atoms with Gasteiger partial charge in [-0.3, -0.25) is 14.4 Å². The molecule has 1 rings (SSSR count). The van der Waals surface area contributed by atoms with E-state index in [1.807, 2.05) is 0 Å². The molecule has 0 fully saturated rings. The molecule has 3 amide bonds. The predicted molar refractivity (Wildman–Crippen MR) is 154 cm³/mol. The standard InChI is InChI=1S/C29H47N3O10/c30-26(33)22-40-20-18-39-17-14-32-28(35)23-41-21-19-38-16-13-31-27(34)8-6-4-2-1-3-5-7-15-42-25-11-9-24(10-12-25)29(36)37/h9-12H,1-8,13-23H2,(H2,30,33)(H,31,34)(H,32,35)(H,36,37). The summed E-state index contributed by atoms with van der Waals surface area (Å²) >= 11 is 0. The van der Waals surface area contributed by atoms with Crippen LogP contribution in [0.2, 0.25) is 0 Å². The second-order valence-electron chi connectivity index (χ2n) is 9.40. The Balaban J connectivity index is 1.79. The molecule has 0 bridgehead atoms. The van der Waals surface area contributed by atoms with E-state index in [2.05, 4.69) is 10.6 Å². The Morgan fingerprint density at radius 3 is 1.74 bits per heavy atom. The zero-order valence-electron chi connectivity index (χ0n) is 24.4. The number of carboxylic acids is 1. The number of ether oxygens (including phenoxy) is 5. The molecule has 13 heteroatoms. The highest BCUT2D eigenvalue weighted by molar-refractivity contribution is 5.87. The number of aromatic carboxylic acids is 1. The summed E-state index contributed by atoms with van der Waals surface area (Å²) < 4.78 is 26.5. The van der Waals surface area contributed by atoms with E-state index in [0.717, 1.165) is 44.9 Å². The van der Waals surface area contributed by atoms with Crippen molar-refractivity contribution in [2.45, 2.75) is 51.4 Å². The lowest BCUT2D eigenvalue weighted by Gasteiger charge is -2.08. The fraction of sp³-hybridized carbons (Fsp3) is 0.655. The van der Waals surface area contributed by atoms with Gasteiger partial charge >= 0.3 is 5.97 Å². The molecule has 1 aromatic rings. The molecule has 0 saturated heterocycles. The number of rotatable bonds is 28. The minimum absolute atomic E-state index is 0.0159. The third kappa shape index (κ3) is 22.4. The van der Waals surface area contributed by atoms with Crippen LogP contribution in [0.1, 0.15) is 61.7 Å². The van der Waals surface area contributed by atoms with E-state index < -0.39 is 11.9 Å². The number of carbonyl (C=O) groups excluding carboxylic acids is 3. The van der Waals surface area contributed by atoms with Crippen LogP contribution < -0.4 is 21.1 Å². The molecule has 13 nitrogen and oxygen atoms in total. The lowest BCUT2D eigenvalue weighted by Crippen LogP contribution is -2.31. The summed E-state index contributed by atoms with van der Waals surface area (Å²) in [6.45, 7) is 2.98. The van der Waals surface area contributed by atoms with Gasteiger partial charge in [-0.1, -0.05) is 32.1 Å². The summed E-state index contributed by atoms with van der Waals surface area (Å²) in [7, 11) is 0. The number of nitrogens with two attached hydrogens (primary N) is 1. The Bertz CT molecular complexity index is 883. The molecule has 0 aliphatic heterocycles. The highest BCUT2D eigenvalue weighted by Crippen LogP contribution is 2.14. The minimum atomic E-state index is -0.948. The summed E-state index contributed by atoms with van der Waals surface area (Å²) in [5.74, 6) is -1.05. The summed E-state index contributed by atoms with van der Waals surface area (Å²) in [6, 6.07) is 6.42. The molecule has 0 unspecified atom stereocenters. The van der Waals surface area contributed by atoms with E-state index in [0.29, 0.717) is 58.3 Å². The van der Waals surface area contributed by atoms with Gasteiger partial charge in [0, 0.05) is 19.5 Å². The van der Waals surface area contributed by atoms with Crippen molar-refractivity contribution >= 4 is 23.7 Å². The summed E-state index contributed by atoms with van der Waals surface area (Å²) in [5.41, 5.74) is 5.18. The van der Waals surface area contributed by atoms with Gasteiger partial charge in [-0.15, -0.1) is 0 Å². The van der Waals surface area contributed by atoms with Gasteiger partial charge in [0.1, 0.15) is 19.0 Å². The third-order valence-corrected chi connectivity index (χ3v) is 5.78. The molecule has 0 aliphatic carbocycles. The van der Waals surface area contributed by atoms with Gasteiger partial charge in [0.2, 0.25) is 17.7 Å². The van der Waals surface area contributed by atoms with E-state index in [9.17, 15) is 19.2 Å². The van der Waals surface area contributed by atoms with Crippen LogP contribution in [-0.4, -0.2) is 101 Å². The lowest BCUT2D eigenvalue weighted by molar-refractivity contribution is -0.127. The number of primary amides is 1. The van der Waals surface area contributed by atoms with Gasteiger partial charge in [0.15, 0.2) is 0 Å². The normalized spacial score (nSPS) is 10.8. The van der Waals surface area contributed by atoms with E-state index in [-0.39, 0.29) is 43.8 Å². The largest absolute Gasteiger partial charge is 0.494 e. The fourth-order valence-electron chi connectivity index (χ4n) is 3.60. The zero-order chi connectivity index (χ0) is 30.7. The molecule has 0 spiro atoms. The van der Waals surface area contributed by atoms with Crippen LogP contribution in [0.15, 0.2) is 24.3 Å². The number of nitrogens with one attached hydrogen (secondary N) is 2. The highest BCUT2D eigenvalue weighted by Gasteiger charge is 2.04. The fourth-order valence-corrected chi connectivity index (χ4v) is 3.60. The first-order valence-electron chi connectivity index (χ1n) is 14.5. The molecule has 0 atom stereocenters. The maximum atomic E-state index is 11.9. The molecule has 238 valence electrons. The molecule has 42 heavy (non-hydrogen) atoms. The lowest BCUT2D eigenvalue weighted by atomic mass is 10.1. The Kier molecular flexibility index (Phi) is 22.3. The Labute approximate surface area is 247 Å². The van der Waals surface area contributed by atoms with Crippen LogP contribution in [0, 0.1) is 0 Å². The molecule has 0 saturated carbocycles. The van der Waals surface area contributed by atoms with Crippen molar-refractivity contribution in [2.75, 3.05) is 72.6 Å². The van der Waals surface area contributed by atoms with Crippen molar-refractivity contribution in [1.82, 2.24) is 10.6 Å². The Morgan fingerprint density at radius 2 is 1.14 bits per heavy atom. The molecule has 0 radical (unpaired) electrons. The first-order valence-corrected chi connectivity index (χ1v) is 14.5. The molecule has 5 N–H and O–H groups in total. The second kappa shape index (κ2) is 25.5. The number of unbranched alkanes of at least 4 members (excludes halogenated alkanes) is 6. The van der Waals surface area contributed by atoms with Crippen LogP contribution in [0.25, 0.3) is 0 Å². The average Bonchev–Trinajstić information content (AvgIpc) is 2.96. The number of benzene rings is 1. The maximum Gasteiger partial charge on any atom is 0.335 e. The van der Waals surface area contributed by atoms with Crippen molar-refractivity contribution in [3.05, 3.63) is 29.8 Å². The van der Waals surface area contributed by atoms with Gasteiger partial charge < -0.3 is 45.2 Å². The van der Waals surface area contributed by atoms with Crippen molar-refractivity contribution in [1.29, 1.82) is 0 Å². The van der Waals surface area contributed by atoms with E-state index in [1.165, 1.54) is 12.1 Å². The Morgan fingerprint density at radius 1 is 0.619 bits per heavy atom. The van der Waals surface area contributed by atoms with E-state index >= 15 is 0 Å². The summed E-state index contributed by atoms with van der Waals surface area (Å²) in [4.78, 5) is 44.9. The quantitative estimate of drug-likeness (QED) is 0.104. The number of hydrogen-bond acceptors (Lipinski definition) is 9. The van der Waals surface area contributed by atoms with Crippen LogP contribution in [0.5, 0.6) is 5.75 Å². The molecular formula is C29H47N3O10. The highest BCUT2D eigenvalue weighted by atomic mass is 16.5. The van der Waals surface area contributed by atoms with Crippen molar-refractivity contribution in [3.63, 3.8) is 0 Å². The van der Waals surface area contributed by atoms with Crippen molar-refractivity contribution in [3.8, 4) is 5.75 Å². The number of carbonyl (C=O) groups is 4. The Hall–Kier alpha value is -3.26. The number of hydrogen-bond donors (Lipinski definition) is 4.